The van der Waals surface area contributed by atoms with Crippen LogP contribution in [0.3, 0.4) is 0 Å². The molecule has 2 aliphatic rings. The zero-order valence-corrected chi connectivity index (χ0v) is 13.5. The van der Waals surface area contributed by atoms with Crippen molar-refractivity contribution in [3.8, 4) is 0 Å². The van der Waals surface area contributed by atoms with E-state index in [1.165, 1.54) is 20.3 Å². The maximum atomic E-state index is 12.5. The highest BCUT2D eigenvalue weighted by Crippen LogP contribution is 2.41. The molecule has 2 aliphatic heterocycles. The molecule has 6 nitrogen and oxygen atoms in total. The summed E-state index contributed by atoms with van der Waals surface area (Å²) in [4.78, 5) is 38.9. The highest BCUT2D eigenvalue weighted by Gasteiger charge is 2.58. The number of carbonyl (C=O) groups is 3. The van der Waals surface area contributed by atoms with Crippen molar-refractivity contribution < 1.29 is 23.9 Å². The van der Waals surface area contributed by atoms with Gasteiger partial charge in [-0.3, -0.25) is 19.3 Å². The highest BCUT2D eigenvalue weighted by molar-refractivity contribution is 6.01. The van der Waals surface area contributed by atoms with Crippen molar-refractivity contribution in [3.05, 3.63) is 48.0 Å². The largest absolute Gasteiger partial charge is 0.469 e. The number of carbonyl (C=O) groups excluding carboxylic acids is 3. The van der Waals surface area contributed by atoms with Crippen LogP contribution in [0.25, 0.3) is 0 Å². The summed E-state index contributed by atoms with van der Waals surface area (Å²) in [7, 11) is 2.55. The summed E-state index contributed by atoms with van der Waals surface area (Å²) < 4.78 is 9.74. The summed E-state index contributed by atoms with van der Waals surface area (Å²) in [6, 6.07) is 8.54. The normalized spacial score (nSPS) is 28.7. The van der Waals surface area contributed by atoms with Gasteiger partial charge in [-0.25, -0.2) is 0 Å². The van der Waals surface area contributed by atoms with Crippen LogP contribution in [-0.4, -0.2) is 48.9 Å². The number of esters is 2. The number of ketones is 1. The first kappa shape index (κ1) is 16.4. The minimum atomic E-state index is -0.862. The molecular formula is C18H19NO5. The number of benzene rings is 1. The van der Waals surface area contributed by atoms with Gasteiger partial charge < -0.3 is 9.47 Å². The van der Waals surface area contributed by atoms with E-state index in [1.54, 1.807) is 6.08 Å². The molecule has 3 rings (SSSR count). The summed E-state index contributed by atoms with van der Waals surface area (Å²) in [5.74, 6) is -2.87. The number of hydrogen-bond acceptors (Lipinski definition) is 6. The maximum absolute atomic E-state index is 12.5. The lowest BCUT2D eigenvalue weighted by Gasteiger charge is -2.31. The molecule has 24 heavy (non-hydrogen) atoms. The minimum Gasteiger partial charge on any atom is -0.469 e. The Hall–Kier alpha value is -2.47. The Bertz CT molecular complexity index is 684. The molecule has 6 heteroatoms. The quantitative estimate of drug-likeness (QED) is 0.766. The smallest absolute Gasteiger partial charge is 0.311 e. The number of ether oxygens (including phenoxy) is 2. The lowest BCUT2D eigenvalue weighted by atomic mass is 9.87. The zero-order valence-electron chi connectivity index (χ0n) is 13.5. The van der Waals surface area contributed by atoms with Gasteiger partial charge in [0.15, 0.2) is 5.78 Å². The Labute approximate surface area is 140 Å². The number of nitrogens with zero attached hydrogens (tertiary/aromatic N) is 1. The molecule has 2 bridgehead atoms. The summed E-state index contributed by atoms with van der Waals surface area (Å²) in [5.41, 5.74) is 1.00. The molecule has 0 N–H and O–H groups in total. The third-order valence-electron chi connectivity index (χ3n) is 4.74. The molecular weight excluding hydrogens is 310 g/mol. The molecule has 1 aromatic rings. The number of rotatable bonds is 4. The number of fused-ring (bicyclic) bond motifs is 2. The summed E-state index contributed by atoms with van der Waals surface area (Å²) in [5, 5.41) is 0. The van der Waals surface area contributed by atoms with Crippen LogP contribution in [0.15, 0.2) is 42.5 Å². The van der Waals surface area contributed by atoms with E-state index in [0.717, 1.165) is 5.56 Å². The van der Waals surface area contributed by atoms with E-state index in [9.17, 15) is 14.4 Å². The van der Waals surface area contributed by atoms with Gasteiger partial charge in [0.25, 0.3) is 0 Å². The molecule has 0 amide bonds. The Balaban J connectivity index is 2.00. The Morgan fingerprint density at radius 3 is 2.29 bits per heavy atom. The first-order valence-corrected chi connectivity index (χ1v) is 7.76. The third kappa shape index (κ3) is 2.63. The van der Waals surface area contributed by atoms with Crippen molar-refractivity contribution in [3.63, 3.8) is 0 Å². The molecule has 0 unspecified atom stereocenters. The number of methoxy groups -OCH3 is 2. The lowest BCUT2D eigenvalue weighted by Crippen LogP contribution is -2.45. The van der Waals surface area contributed by atoms with E-state index in [-0.39, 0.29) is 11.8 Å². The van der Waals surface area contributed by atoms with Gasteiger partial charge in [0.05, 0.1) is 32.1 Å². The second-order valence-corrected chi connectivity index (χ2v) is 5.95. The number of hydrogen-bond donors (Lipinski definition) is 0. The molecule has 0 radical (unpaired) electrons. The van der Waals surface area contributed by atoms with Crippen LogP contribution >= 0.6 is 0 Å². The van der Waals surface area contributed by atoms with Crippen molar-refractivity contribution in [2.45, 2.75) is 18.6 Å². The van der Waals surface area contributed by atoms with Gasteiger partial charge in [-0.2, -0.15) is 0 Å². The third-order valence-corrected chi connectivity index (χ3v) is 4.74. The SMILES string of the molecule is COC(=O)[C@@H]1[C@H](C(=O)OC)[C@H]2C(=O)C=C[C@@H]1N2Cc1ccccc1. The Morgan fingerprint density at radius 1 is 1.04 bits per heavy atom. The molecule has 4 atom stereocenters. The van der Waals surface area contributed by atoms with Crippen molar-refractivity contribution in [2.75, 3.05) is 14.2 Å². The Kier molecular flexibility index (Phi) is 4.49. The average molecular weight is 329 g/mol. The van der Waals surface area contributed by atoms with E-state index in [2.05, 4.69) is 0 Å². The van der Waals surface area contributed by atoms with Crippen LogP contribution < -0.4 is 0 Å². The topological polar surface area (TPSA) is 72.9 Å². The Morgan fingerprint density at radius 2 is 1.67 bits per heavy atom. The second-order valence-electron chi connectivity index (χ2n) is 5.95. The molecule has 0 aromatic heterocycles. The minimum absolute atomic E-state index is 0.191. The van der Waals surface area contributed by atoms with Crippen LogP contribution in [0.4, 0.5) is 0 Å². The fourth-order valence-electron chi connectivity index (χ4n) is 3.70. The van der Waals surface area contributed by atoms with Crippen LogP contribution in [0.1, 0.15) is 5.56 Å². The monoisotopic (exact) mass is 329 g/mol. The highest BCUT2D eigenvalue weighted by atomic mass is 16.5. The van der Waals surface area contributed by atoms with Crippen LogP contribution in [0.5, 0.6) is 0 Å². The molecule has 1 saturated heterocycles. The molecule has 0 aliphatic carbocycles. The zero-order chi connectivity index (χ0) is 17.3. The predicted molar refractivity (Wildman–Crippen MR) is 84.7 cm³/mol. The van der Waals surface area contributed by atoms with Crippen LogP contribution in [0.2, 0.25) is 0 Å². The van der Waals surface area contributed by atoms with E-state index >= 15 is 0 Å². The summed E-state index contributed by atoms with van der Waals surface area (Å²) >= 11 is 0. The van der Waals surface area contributed by atoms with Crippen LogP contribution in [0, 0.1) is 11.8 Å². The van der Waals surface area contributed by atoms with Gasteiger partial charge in [-0.05, 0) is 11.6 Å². The van der Waals surface area contributed by atoms with Crippen molar-refractivity contribution in [2.24, 2.45) is 11.8 Å². The molecule has 0 spiro atoms. The lowest BCUT2D eigenvalue weighted by molar-refractivity contribution is -0.157. The van der Waals surface area contributed by atoms with Crippen molar-refractivity contribution in [1.82, 2.24) is 4.90 Å². The molecule has 1 fully saturated rings. The van der Waals surface area contributed by atoms with Gasteiger partial charge in [0.2, 0.25) is 0 Å². The molecule has 126 valence electrons. The van der Waals surface area contributed by atoms with Crippen LogP contribution in [-0.2, 0) is 30.4 Å². The van der Waals surface area contributed by atoms with Crippen molar-refractivity contribution >= 4 is 17.7 Å². The predicted octanol–water partition coefficient (Wildman–Crippen LogP) is 0.957. The molecule has 1 aromatic carbocycles. The second kappa shape index (κ2) is 6.57. The van der Waals surface area contributed by atoms with E-state index < -0.39 is 29.8 Å². The average Bonchev–Trinajstić information content (AvgIpc) is 2.84. The van der Waals surface area contributed by atoms with Gasteiger partial charge in [-0.1, -0.05) is 36.4 Å². The first-order valence-electron chi connectivity index (χ1n) is 7.76. The van der Waals surface area contributed by atoms with Gasteiger partial charge in [-0.15, -0.1) is 0 Å². The summed E-state index contributed by atoms with van der Waals surface area (Å²) in [6.07, 6.45) is 3.14. The first-order chi connectivity index (χ1) is 11.6. The fourth-order valence-corrected chi connectivity index (χ4v) is 3.70. The summed E-state index contributed by atoms with van der Waals surface area (Å²) in [6.45, 7) is 0.466. The standard InChI is InChI=1S/C18H19NO5/c1-23-17(21)14-12-8-9-13(20)16(15(14)18(22)24-2)19(12)10-11-6-4-3-5-7-11/h3-9,12,14-16H,10H2,1-2H3/t12-,14-,15-,16+/m0/s1. The fraction of sp³-hybridized carbons (Fsp3) is 0.389. The van der Waals surface area contributed by atoms with Gasteiger partial charge in [0, 0.05) is 12.6 Å². The van der Waals surface area contributed by atoms with E-state index in [4.69, 9.17) is 9.47 Å². The van der Waals surface area contributed by atoms with E-state index in [0.29, 0.717) is 6.54 Å². The van der Waals surface area contributed by atoms with Gasteiger partial charge in [0.1, 0.15) is 0 Å². The molecule has 0 saturated carbocycles. The van der Waals surface area contributed by atoms with Gasteiger partial charge >= 0.3 is 11.9 Å². The molecule has 2 heterocycles. The maximum Gasteiger partial charge on any atom is 0.311 e. The van der Waals surface area contributed by atoms with Crippen molar-refractivity contribution in [1.29, 1.82) is 0 Å². The van der Waals surface area contributed by atoms with E-state index in [1.807, 2.05) is 35.2 Å².